The number of amides is 3. The van der Waals surface area contributed by atoms with Gasteiger partial charge >= 0.3 is 0 Å². The number of hydrogen-bond donors (Lipinski definition) is 25. The van der Waals surface area contributed by atoms with E-state index in [1.807, 2.05) is 6.08 Å². The first-order chi connectivity index (χ1) is 67.2. The van der Waals surface area contributed by atoms with Crippen LogP contribution in [-0.4, -0.2) is 434 Å². The van der Waals surface area contributed by atoms with Gasteiger partial charge in [0.15, 0.2) is 50.3 Å². The van der Waals surface area contributed by atoms with Gasteiger partial charge in [-0.15, -0.1) is 0 Å². The monoisotopic (exact) mass is 2020 g/mol. The van der Waals surface area contributed by atoms with Crippen LogP contribution in [0.25, 0.3) is 0 Å². The number of rotatable bonds is 63. The van der Waals surface area contributed by atoms with Crippen LogP contribution in [0.15, 0.2) is 24.3 Å². The van der Waals surface area contributed by atoms with Gasteiger partial charge in [-0.2, -0.15) is 0 Å². The normalized spacial score (nSPS) is 38.9. The van der Waals surface area contributed by atoms with Crippen LogP contribution in [0.2, 0.25) is 0 Å². The topological polar surface area (TPSA) is 680 Å². The van der Waals surface area contributed by atoms with E-state index in [-0.39, 0.29) is 12.3 Å². The minimum Gasteiger partial charge on any atom is -0.394 e. The van der Waals surface area contributed by atoms with Gasteiger partial charge in [0, 0.05) is 20.3 Å². The smallest absolute Gasteiger partial charge is 0.220 e. The Kier molecular flexibility index (Phi) is 55.6. The fourth-order valence-corrected chi connectivity index (χ4v) is 19.1. The quantitative estimate of drug-likeness (QED) is 0.0235. The Morgan fingerprint density at radius 1 is 0.293 bits per heavy atom. The molecule has 0 saturated carbocycles. The molecule has 0 radical (unpaired) electrons. The first-order valence-electron chi connectivity index (χ1n) is 51.4. The maximum Gasteiger partial charge on any atom is 0.220 e. The molecule has 8 rings (SSSR count). The van der Waals surface area contributed by atoms with Crippen molar-refractivity contribution in [2.75, 3.05) is 46.2 Å². The average molecular weight is 2020 g/mol. The van der Waals surface area contributed by atoms with Crippen LogP contribution in [0.3, 0.4) is 0 Å². The maximum atomic E-state index is 13.7. The first kappa shape index (κ1) is 122. The molecule has 140 heavy (non-hydrogen) atoms. The molecule has 8 fully saturated rings. The fourth-order valence-electron chi connectivity index (χ4n) is 19.1. The van der Waals surface area contributed by atoms with E-state index in [1.54, 1.807) is 6.08 Å². The minimum absolute atomic E-state index is 0.139. The van der Waals surface area contributed by atoms with Gasteiger partial charge in [0.25, 0.3) is 0 Å². The van der Waals surface area contributed by atoms with Gasteiger partial charge in [-0.05, 0) is 58.8 Å². The Balaban J connectivity index is 0.961. The molecule has 8 heterocycles. The van der Waals surface area contributed by atoms with Crippen LogP contribution in [0.4, 0.5) is 0 Å². The van der Waals surface area contributed by atoms with Gasteiger partial charge in [-0.25, -0.2) is 0 Å². The molecule has 0 bridgehead atoms. The van der Waals surface area contributed by atoms with E-state index in [0.717, 1.165) is 78.1 Å². The molecule has 0 aliphatic carbocycles. The van der Waals surface area contributed by atoms with Gasteiger partial charge in [-0.3, -0.25) is 14.4 Å². The van der Waals surface area contributed by atoms with Gasteiger partial charge in [0.1, 0.15) is 183 Å². The van der Waals surface area contributed by atoms with Gasteiger partial charge in [0.2, 0.25) is 17.7 Å². The summed E-state index contributed by atoms with van der Waals surface area (Å²) in [4.78, 5) is 40.9. The Morgan fingerprint density at radius 3 is 0.950 bits per heavy atom. The number of allylic oxidation sites excluding steroid dienone is 3. The molecule has 3 amide bonds. The molecule has 0 aromatic rings. The summed E-state index contributed by atoms with van der Waals surface area (Å²) in [6.07, 6.45) is -31.6. The summed E-state index contributed by atoms with van der Waals surface area (Å²) in [7, 11) is 0. The van der Waals surface area contributed by atoms with E-state index in [4.69, 9.17) is 75.8 Å². The van der Waals surface area contributed by atoms with Crippen molar-refractivity contribution in [2.24, 2.45) is 0 Å². The lowest BCUT2D eigenvalue weighted by Gasteiger charge is -2.52. The zero-order chi connectivity index (χ0) is 102. The lowest BCUT2D eigenvalue weighted by Crippen LogP contribution is -2.72. The number of aliphatic hydroxyl groups excluding tert-OH is 22. The Morgan fingerprint density at radius 2 is 0.579 bits per heavy atom. The number of carbonyl (C=O) groups is 3. The van der Waals surface area contributed by atoms with E-state index in [1.165, 1.54) is 149 Å². The van der Waals surface area contributed by atoms with Gasteiger partial charge in [-0.1, -0.05) is 205 Å². The molecule has 8 saturated heterocycles. The highest BCUT2D eigenvalue weighted by Crippen LogP contribution is 2.41. The third-order valence-electron chi connectivity index (χ3n) is 27.5. The summed E-state index contributed by atoms with van der Waals surface area (Å²) in [5.74, 6) is -2.30. The first-order valence-corrected chi connectivity index (χ1v) is 51.4. The molecule has 8 aliphatic heterocycles. The van der Waals surface area contributed by atoms with E-state index >= 15 is 0 Å². The minimum atomic E-state index is -2.46. The van der Waals surface area contributed by atoms with Crippen LogP contribution in [-0.2, 0) is 90.2 Å². The molecule has 44 heteroatoms. The summed E-state index contributed by atoms with van der Waals surface area (Å²) < 4.78 is 97.8. The zero-order valence-electron chi connectivity index (χ0n) is 82.1. The van der Waals surface area contributed by atoms with E-state index < -0.39 is 316 Å². The number of aliphatic hydroxyl groups is 22. The largest absolute Gasteiger partial charge is 0.394 e. The highest BCUT2D eigenvalue weighted by Gasteiger charge is 2.62. The number of carbonyl (C=O) groups excluding carboxylic acids is 3. The fraction of sp³-hybridized carbons (Fsp3) is 0.927. The van der Waals surface area contributed by atoms with Crippen molar-refractivity contribution in [3.8, 4) is 0 Å². The van der Waals surface area contributed by atoms with Crippen LogP contribution >= 0.6 is 0 Å². The van der Waals surface area contributed by atoms with Gasteiger partial charge < -0.3 is 204 Å². The predicted molar refractivity (Wildman–Crippen MR) is 493 cm³/mol. The highest BCUT2D eigenvalue weighted by molar-refractivity contribution is 5.76. The maximum absolute atomic E-state index is 13.7. The summed E-state index contributed by atoms with van der Waals surface area (Å²) >= 11 is 0. The van der Waals surface area contributed by atoms with Crippen molar-refractivity contribution in [3.05, 3.63) is 24.3 Å². The van der Waals surface area contributed by atoms with E-state index in [2.05, 4.69) is 41.9 Å². The Labute approximate surface area is 820 Å². The number of hydrogen-bond acceptors (Lipinski definition) is 41. The molecule has 816 valence electrons. The van der Waals surface area contributed by atoms with Crippen molar-refractivity contribution in [1.29, 1.82) is 0 Å². The molecule has 44 nitrogen and oxygen atoms in total. The molecule has 0 aromatic carbocycles. The second-order valence-electron chi connectivity index (χ2n) is 38.7. The molecule has 42 atom stereocenters. The molecule has 25 N–H and O–H groups in total. The number of unbranched alkanes of at least 4 members (excludes halogenated alkanes) is 30. The average Bonchev–Trinajstić information content (AvgIpc) is 0.756. The van der Waals surface area contributed by atoms with Gasteiger partial charge in [0.05, 0.1) is 70.6 Å². The van der Waals surface area contributed by atoms with Crippen molar-refractivity contribution in [3.63, 3.8) is 0 Å². The second kappa shape index (κ2) is 64.0. The zero-order valence-corrected chi connectivity index (χ0v) is 82.1. The molecule has 0 aromatic heterocycles. The predicted octanol–water partition coefficient (Wildman–Crippen LogP) is -1.82. The van der Waals surface area contributed by atoms with Crippen LogP contribution in [0.5, 0.6) is 0 Å². The molecular formula is C96H171N3O41. The lowest BCUT2D eigenvalue weighted by atomic mass is 9.93. The van der Waals surface area contributed by atoms with Crippen LogP contribution in [0, 0.1) is 0 Å². The molecule has 16 unspecified atom stereocenters. The van der Waals surface area contributed by atoms with Crippen molar-refractivity contribution in [2.45, 2.75) is 518 Å². The van der Waals surface area contributed by atoms with Crippen LogP contribution in [0.1, 0.15) is 260 Å². The van der Waals surface area contributed by atoms with E-state index in [0.29, 0.717) is 12.8 Å². The third-order valence-corrected chi connectivity index (χ3v) is 27.5. The Hall–Kier alpha value is -3.63. The summed E-state index contributed by atoms with van der Waals surface area (Å²) in [6, 6.07) is -5.09. The molecule has 8 aliphatic rings. The van der Waals surface area contributed by atoms with Crippen molar-refractivity contribution < 1.29 is 203 Å². The number of nitrogens with one attached hydrogen (secondary N) is 3. The third kappa shape index (κ3) is 36.1. The second-order valence-corrected chi connectivity index (χ2v) is 38.7. The Bertz CT molecular complexity index is 3430. The molecule has 0 spiro atoms. The standard InChI is InChI=1S/C96H171N3O41/c1-7-9-11-13-15-17-19-21-22-23-24-25-26-27-28-29-30-32-34-36-38-40-42-44-64(109)99-56(57(108)43-41-39-37-35-33-31-20-18-16-14-12-10-8-2)51-125-91-79(122)75(118)82(61(48-103)133-91)134-95-80(123)87(70(113)59(46-101)129-95)139-89-65(97-54(5)106)85(137-93-77(120)73(116)68(111)53(4)127-93)84(63(50-105)132-89)136-96-81(124)88(71(114)60(47-102)130-96)140-90-66(98-55(6)107)86(138-94-78(121)74(117)69(112)58(45-100)128-94)83(62(49-104)131-90)135-92-76(119)72(115)67(110)52(3)126-92/h21-22,41,43,52-53,56-63,65-96,100-105,108,110-124H,7-20,23-40,42,44-51H2,1-6H3,(H,97,106)(H,98,107)(H,99,109)/b22-21-,43-41+/t52?,53?,56-,57+,58?,59?,60?,61?,62?,63?,65?,66?,67+,68+,69-,70-,71-,72?,73?,74-,75+,76-,77-,78?,79?,80?,81?,82+,83+,84+,85+,86+,87-,88-,89-,90-,91+,92+,93+,94-,95-,96-/m0/s1. The number of ether oxygens (including phenoxy) is 16. The van der Waals surface area contributed by atoms with Crippen molar-refractivity contribution in [1.82, 2.24) is 16.0 Å². The highest BCUT2D eigenvalue weighted by atomic mass is 16.8. The SMILES string of the molecule is CCCCCCCC/C=C\CCCCCCCCCCCCCCCC(=O)N[C@@H](CO[C@@H]1OC(CO)[C@@H](O[C@@H]2OC(CO)[C@H](O)[C@H](O[C@@H]3OC(CO)[C@@H](O[C@@H]4OC(CO)[C@H](O)[C@H](O[C@@H]5OC(CO)[C@@H](O[C@H]6OC(C)[C@@H](O)C(O)[C@@H]6O)[C@H](O[C@@H]6OC(CO)[C@H](O)[C@H](O)C6O)C5NC(C)=O)C4O)[C@H](O[C@H]4OC(C)[C@@H](O)C(O)[C@@H]4O)C3NC(C)=O)C2O)[C@H](O)C1O)[C@H](O)/C=C/CCCCCCCCCCCCC. The summed E-state index contributed by atoms with van der Waals surface area (Å²) in [6.45, 7) is 1.79. The summed E-state index contributed by atoms with van der Waals surface area (Å²) in [5, 5.41) is 257. The van der Waals surface area contributed by atoms with Crippen LogP contribution < -0.4 is 16.0 Å². The lowest BCUT2D eigenvalue weighted by molar-refractivity contribution is -0.400. The molecular weight excluding hydrogens is 1850 g/mol. The summed E-state index contributed by atoms with van der Waals surface area (Å²) in [5.41, 5.74) is 0. The van der Waals surface area contributed by atoms with Crippen molar-refractivity contribution >= 4 is 17.7 Å². The van der Waals surface area contributed by atoms with E-state index in [9.17, 15) is 127 Å².